The number of nitro groups is 1. The Hall–Kier alpha value is -1.90. The lowest BCUT2D eigenvalue weighted by atomic mass is 10.2. The summed E-state index contributed by atoms with van der Waals surface area (Å²) >= 11 is 1.48. The van der Waals surface area contributed by atoms with Gasteiger partial charge in [0.15, 0.2) is 0 Å². The van der Waals surface area contributed by atoms with Crippen LogP contribution in [-0.2, 0) is 10.0 Å². The molecule has 1 atom stereocenters. The summed E-state index contributed by atoms with van der Waals surface area (Å²) in [4.78, 5) is 10.8. The molecule has 1 fully saturated rings. The molecule has 0 spiro atoms. The Kier molecular flexibility index (Phi) is 4.86. The van der Waals surface area contributed by atoms with Crippen molar-refractivity contribution in [2.24, 2.45) is 0 Å². The quantitative estimate of drug-likeness (QED) is 0.599. The molecule has 0 N–H and O–H groups in total. The van der Waals surface area contributed by atoms with E-state index in [2.05, 4.69) is 0 Å². The summed E-state index contributed by atoms with van der Waals surface area (Å²) in [7, 11) is -3.67. The summed E-state index contributed by atoms with van der Waals surface area (Å²) < 4.78 is 27.7. The second-order valence-corrected chi connectivity index (χ2v) is 9.01. The van der Waals surface area contributed by atoms with Gasteiger partial charge in [-0.2, -0.15) is 4.31 Å². The molecule has 132 valence electrons. The smallest absolute Gasteiger partial charge is 0.258 e. The zero-order valence-electron chi connectivity index (χ0n) is 13.9. The van der Waals surface area contributed by atoms with Gasteiger partial charge >= 0.3 is 0 Å². The number of hydrogen-bond acceptors (Lipinski definition) is 5. The van der Waals surface area contributed by atoms with Crippen molar-refractivity contribution < 1.29 is 13.3 Å². The number of nitrogens with zero attached hydrogens (tertiary/aromatic N) is 2. The lowest BCUT2D eigenvalue weighted by Gasteiger charge is -2.24. The van der Waals surface area contributed by atoms with Crippen LogP contribution in [0.5, 0.6) is 0 Å². The number of sulfonamides is 1. The fraction of sp³-hybridized carbons (Fsp3) is 0.294. The highest BCUT2D eigenvalue weighted by molar-refractivity contribution is 8.01. The van der Waals surface area contributed by atoms with E-state index < -0.39 is 20.3 Å². The highest BCUT2D eigenvalue weighted by Gasteiger charge is 2.37. The first-order valence-corrected chi connectivity index (χ1v) is 10.2. The maximum atomic E-state index is 13.1. The van der Waals surface area contributed by atoms with Gasteiger partial charge in [0, 0.05) is 24.4 Å². The van der Waals surface area contributed by atoms with Gasteiger partial charge < -0.3 is 0 Å². The predicted octanol–water partition coefficient (Wildman–Crippen LogP) is 3.65. The minimum atomic E-state index is -3.67. The van der Waals surface area contributed by atoms with Gasteiger partial charge in [-0.05, 0) is 31.0 Å². The molecule has 3 rings (SSSR count). The first-order valence-electron chi connectivity index (χ1n) is 7.76. The summed E-state index contributed by atoms with van der Waals surface area (Å²) in [5.74, 6) is 0.650. The monoisotopic (exact) mass is 378 g/mol. The van der Waals surface area contributed by atoms with E-state index in [0.717, 1.165) is 5.56 Å². The van der Waals surface area contributed by atoms with Gasteiger partial charge in [-0.15, -0.1) is 11.8 Å². The minimum Gasteiger partial charge on any atom is -0.258 e. The molecule has 1 aliphatic rings. The number of nitro benzene ring substituents is 1. The van der Waals surface area contributed by atoms with Gasteiger partial charge in [0.2, 0.25) is 10.0 Å². The van der Waals surface area contributed by atoms with Crippen LogP contribution >= 0.6 is 11.8 Å². The van der Waals surface area contributed by atoms with Crippen LogP contribution in [0.1, 0.15) is 22.1 Å². The average Bonchev–Trinajstić information content (AvgIpc) is 3.05. The second-order valence-electron chi connectivity index (χ2n) is 5.96. The molecule has 25 heavy (non-hydrogen) atoms. The summed E-state index contributed by atoms with van der Waals surface area (Å²) in [5.41, 5.74) is 2.30. The van der Waals surface area contributed by atoms with Crippen LogP contribution in [0.15, 0.2) is 47.4 Å². The first kappa shape index (κ1) is 17.9. The van der Waals surface area contributed by atoms with Gasteiger partial charge in [0.25, 0.3) is 5.69 Å². The van der Waals surface area contributed by atoms with Crippen LogP contribution in [0, 0.1) is 24.0 Å². The summed E-state index contributed by atoms with van der Waals surface area (Å²) in [5, 5.41) is 10.6. The number of hydrogen-bond donors (Lipinski definition) is 0. The number of rotatable bonds is 4. The van der Waals surface area contributed by atoms with E-state index >= 15 is 0 Å². The Balaban J connectivity index is 2.01. The Labute approximate surface area is 151 Å². The molecule has 0 saturated carbocycles. The molecule has 8 heteroatoms. The van der Waals surface area contributed by atoms with Crippen molar-refractivity contribution in [3.8, 4) is 0 Å². The number of thioether (sulfide) groups is 1. The summed E-state index contributed by atoms with van der Waals surface area (Å²) in [6.45, 7) is 4.08. The standard InChI is InChI=1S/C17H18N2O4S2/c1-12-6-7-16(13(2)10-12)25(22,23)18-8-9-24-17(18)14-4-3-5-15(11-14)19(20)21/h3-7,10-11,17H,8-9H2,1-2H3/t17-/m0/s1. The van der Waals surface area contributed by atoms with E-state index in [-0.39, 0.29) is 10.6 Å². The molecule has 0 unspecified atom stereocenters. The molecule has 0 radical (unpaired) electrons. The Bertz CT molecular complexity index is 928. The maximum absolute atomic E-state index is 13.1. The fourth-order valence-electron chi connectivity index (χ4n) is 2.97. The molecule has 0 aromatic heterocycles. The average molecular weight is 378 g/mol. The molecule has 6 nitrogen and oxygen atoms in total. The van der Waals surface area contributed by atoms with Crippen molar-refractivity contribution >= 4 is 27.5 Å². The molecule has 0 aliphatic carbocycles. The van der Waals surface area contributed by atoms with E-state index in [9.17, 15) is 18.5 Å². The third-order valence-electron chi connectivity index (χ3n) is 4.13. The van der Waals surface area contributed by atoms with E-state index in [1.54, 1.807) is 31.2 Å². The van der Waals surface area contributed by atoms with E-state index in [1.807, 2.05) is 13.0 Å². The van der Waals surface area contributed by atoms with Crippen molar-refractivity contribution in [3.05, 3.63) is 69.3 Å². The van der Waals surface area contributed by atoms with Gasteiger partial charge in [-0.25, -0.2) is 8.42 Å². The van der Waals surface area contributed by atoms with E-state index in [1.165, 1.54) is 28.2 Å². The molecular formula is C17H18N2O4S2. The Morgan fingerprint density at radius 3 is 2.64 bits per heavy atom. The van der Waals surface area contributed by atoms with Crippen molar-refractivity contribution in [1.29, 1.82) is 0 Å². The van der Waals surface area contributed by atoms with E-state index in [0.29, 0.717) is 23.4 Å². The summed E-state index contributed by atoms with van der Waals surface area (Å²) in [6, 6.07) is 11.5. The van der Waals surface area contributed by atoms with Gasteiger partial charge in [0.1, 0.15) is 0 Å². The van der Waals surface area contributed by atoms with Gasteiger partial charge in [-0.3, -0.25) is 10.1 Å². The maximum Gasteiger partial charge on any atom is 0.269 e. The third kappa shape index (κ3) is 3.42. The Morgan fingerprint density at radius 1 is 1.20 bits per heavy atom. The van der Waals surface area contributed by atoms with Crippen LogP contribution < -0.4 is 0 Å². The fourth-order valence-corrected chi connectivity index (χ4v) is 6.41. The van der Waals surface area contributed by atoms with Crippen LogP contribution in [0.2, 0.25) is 0 Å². The van der Waals surface area contributed by atoms with E-state index in [4.69, 9.17) is 0 Å². The lowest BCUT2D eigenvalue weighted by Crippen LogP contribution is -2.31. The molecule has 1 heterocycles. The largest absolute Gasteiger partial charge is 0.269 e. The molecule has 0 amide bonds. The number of non-ortho nitro benzene ring substituents is 1. The van der Waals surface area contributed by atoms with Crippen LogP contribution in [0.3, 0.4) is 0 Å². The first-order chi connectivity index (χ1) is 11.8. The zero-order chi connectivity index (χ0) is 18.2. The normalized spacial score (nSPS) is 18.4. The van der Waals surface area contributed by atoms with Crippen molar-refractivity contribution in [3.63, 3.8) is 0 Å². The van der Waals surface area contributed by atoms with Crippen molar-refractivity contribution in [2.45, 2.75) is 24.1 Å². The summed E-state index contributed by atoms with van der Waals surface area (Å²) in [6.07, 6.45) is 0. The van der Waals surface area contributed by atoms with Crippen molar-refractivity contribution in [2.75, 3.05) is 12.3 Å². The SMILES string of the molecule is Cc1ccc(S(=O)(=O)N2CCS[C@H]2c2cccc([N+](=O)[O-])c2)c(C)c1. The molecule has 1 saturated heterocycles. The second kappa shape index (κ2) is 6.78. The molecule has 2 aromatic carbocycles. The zero-order valence-corrected chi connectivity index (χ0v) is 15.5. The number of benzene rings is 2. The molecule has 1 aliphatic heterocycles. The van der Waals surface area contributed by atoms with Gasteiger partial charge in [0.05, 0.1) is 15.2 Å². The molecular weight excluding hydrogens is 360 g/mol. The molecule has 2 aromatic rings. The topological polar surface area (TPSA) is 80.5 Å². The highest BCUT2D eigenvalue weighted by Crippen LogP contribution is 2.42. The highest BCUT2D eigenvalue weighted by atomic mass is 32.2. The van der Waals surface area contributed by atoms with Crippen LogP contribution in [0.4, 0.5) is 5.69 Å². The third-order valence-corrected chi connectivity index (χ3v) is 7.55. The van der Waals surface area contributed by atoms with Crippen molar-refractivity contribution in [1.82, 2.24) is 4.31 Å². The predicted molar refractivity (Wildman–Crippen MR) is 98.1 cm³/mol. The minimum absolute atomic E-state index is 0.0335. The van der Waals surface area contributed by atoms with Crippen LogP contribution in [-0.4, -0.2) is 29.9 Å². The van der Waals surface area contributed by atoms with Crippen LogP contribution in [0.25, 0.3) is 0 Å². The Morgan fingerprint density at radius 2 is 1.96 bits per heavy atom. The lowest BCUT2D eigenvalue weighted by molar-refractivity contribution is -0.384. The number of aryl methyl sites for hydroxylation is 2. The molecule has 0 bridgehead atoms. The van der Waals surface area contributed by atoms with Gasteiger partial charge in [-0.1, -0.05) is 29.8 Å².